The molecule has 2 saturated carbocycles. The molecule has 0 aliphatic heterocycles. The van der Waals surface area contributed by atoms with Crippen LogP contribution in [0.5, 0.6) is 0 Å². The molecule has 0 radical (unpaired) electrons. The van der Waals surface area contributed by atoms with E-state index in [1.54, 1.807) is 13.8 Å². The summed E-state index contributed by atoms with van der Waals surface area (Å²) >= 11 is 0. The normalized spacial score (nSPS) is 23.1. The molecule has 2 aliphatic rings. The van der Waals surface area contributed by atoms with Crippen LogP contribution < -0.4 is 4.72 Å². The van der Waals surface area contributed by atoms with Gasteiger partial charge in [0.1, 0.15) is 0 Å². The Kier molecular flexibility index (Phi) is 6.12. The predicted octanol–water partition coefficient (Wildman–Crippen LogP) is 5.98. The summed E-state index contributed by atoms with van der Waals surface area (Å²) in [4.78, 5) is 0. The fourth-order valence-electron chi connectivity index (χ4n) is 4.98. The third-order valence-corrected chi connectivity index (χ3v) is 8.73. The molecule has 29 heavy (non-hydrogen) atoms. The molecule has 3 nitrogen and oxygen atoms in total. The van der Waals surface area contributed by atoms with Crippen LogP contribution in [0.4, 0.5) is 0 Å². The molecule has 2 aromatic carbocycles. The molecule has 0 spiro atoms. The van der Waals surface area contributed by atoms with Crippen LogP contribution in [-0.4, -0.2) is 19.7 Å². The van der Waals surface area contributed by atoms with E-state index >= 15 is 0 Å². The molecule has 2 aromatic rings. The van der Waals surface area contributed by atoms with E-state index in [1.807, 2.05) is 0 Å². The molecule has 0 bridgehead atoms. The molecule has 4 rings (SSSR count). The third kappa shape index (κ3) is 4.59. The average molecular weight is 412 g/mol. The summed E-state index contributed by atoms with van der Waals surface area (Å²) in [6, 6.07) is 17.9. The monoisotopic (exact) mass is 411 g/mol. The maximum Gasteiger partial charge on any atom is 0.214 e. The van der Waals surface area contributed by atoms with E-state index < -0.39 is 15.3 Å². The minimum absolute atomic E-state index is 0.0129. The summed E-state index contributed by atoms with van der Waals surface area (Å²) < 4.78 is 27.6. The van der Waals surface area contributed by atoms with Crippen LogP contribution in [0.1, 0.15) is 81.8 Å². The Morgan fingerprint density at radius 1 is 0.759 bits per heavy atom. The van der Waals surface area contributed by atoms with Crippen molar-refractivity contribution in [1.82, 2.24) is 4.72 Å². The van der Waals surface area contributed by atoms with Crippen LogP contribution in [0.15, 0.2) is 48.5 Å². The van der Waals surface area contributed by atoms with Crippen molar-refractivity contribution >= 4 is 10.0 Å². The number of nitrogens with one attached hydrogen (secondary N) is 1. The van der Waals surface area contributed by atoms with Gasteiger partial charge in [-0.25, -0.2) is 13.1 Å². The van der Waals surface area contributed by atoms with Crippen LogP contribution in [0.25, 0.3) is 11.1 Å². The number of hydrogen-bond acceptors (Lipinski definition) is 2. The van der Waals surface area contributed by atoms with Crippen molar-refractivity contribution in [3.05, 3.63) is 59.7 Å². The molecular weight excluding hydrogens is 378 g/mol. The van der Waals surface area contributed by atoms with Crippen molar-refractivity contribution < 1.29 is 8.42 Å². The lowest BCUT2D eigenvalue weighted by molar-refractivity contribution is 0.519. The lowest BCUT2D eigenvalue weighted by atomic mass is 9.92. The largest absolute Gasteiger partial charge is 0.214 e. The molecule has 1 unspecified atom stereocenters. The molecule has 2 fully saturated rings. The van der Waals surface area contributed by atoms with E-state index in [0.717, 1.165) is 25.2 Å². The number of hydrogen-bond donors (Lipinski definition) is 1. The molecule has 0 heterocycles. The van der Waals surface area contributed by atoms with E-state index in [2.05, 4.69) is 53.3 Å². The first-order valence-electron chi connectivity index (χ1n) is 11.2. The van der Waals surface area contributed by atoms with Crippen molar-refractivity contribution in [2.75, 3.05) is 0 Å². The summed E-state index contributed by atoms with van der Waals surface area (Å²) in [5.74, 6) is 1.02. The second kappa shape index (κ2) is 8.61. The number of sulfonamides is 1. The quantitative estimate of drug-likeness (QED) is 0.636. The van der Waals surface area contributed by atoms with Crippen LogP contribution in [0.2, 0.25) is 0 Å². The first-order chi connectivity index (χ1) is 13.9. The predicted molar refractivity (Wildman–Crippen MR) is 121 cm³/mol. The molecule has 4 heteroatoms. The average Bonchev–Trinajstić information content (AvgIpc) is 3.40. The Morgan fingerprint density at radius 2 is 1.31 bits per heavy atom. The van der Waals surface area contributed by atoms with E-state index in [1.165, 1.54) is 47.9 Å². The zero-order valence-electron chi connectivity index (χ0n) is 17.6. The smallest absolute Gasteiger partial charge is 0.212 e. The summed E-state index contributed by atoms with van der Waals surface area (Å²) in [6.45, 7) is 3.47. The summed E-state index contributed by atoms with van der Waals surface area (Å²) in [5, 5.41) is -0.390. The Hall–Kier alpha value is -1.65. The fraction of sp³-hybridized carbons (Fsp3) is 0.520. The fourth-order valence-corrected chi connectivity index (χ4v) is 5.95. The van der Waals surface area contributed by atoms with Gasteiger partial charge >= 0.3 is 0 Å². The van der Waals surface area contributed by atoms with Gasteiger partial charge in [0.2, 0.25) is 10.0 Å². The second-order valence-corrected chi connectivity index (χ2v) is 11.3. The SMILES string of the molecule is CC(C)S(=O)(=O)N[C@H]1CCCC1c1ccc(-c2ccc(C3CCCC3)cc2)cc1. The van der Waals surface area contributed by atoms with E-state index in [0.29, 0.717) is 0 Å². The summed E-state index contributed by atoms with van der Waals surface area (Å²) in [6.07, 6.45) is 8.42. The highest BCUT2D eigenvalue weighted by molar-refractivity contribution is 7.90. The summed E-state index contributed by atoms with van der Waals surface area (Å²) in [5.41, 5.74) is 5.20. The minimum atomic E-state index is -3.23. The Balaban J connectivity index is 1.47. The molecular formula is C25H33NO2S. The lowest BCUT2D eigenvalue weighted by Crippen LogP contribution is -2.40. The van der Waals surface area contributed by atoms with Crippen LogP contribution in [0, 0.1) is 0 Å². The van der Waals surface area contributed by atoms with Gasteiger partial charge in [0, 0.05) is 12.0 Å². The topological polar surface area (TPSA) is 46.2 Å². The number of rotatable bonds is 6. The van der Waals surface area contributed by atoms with Gasteiger partial charge in [0.15, 0.2) is 0 Å². The van der Waals surface area contributed by atoms with E-state index in [-0.39, 0.29) is 12.0 Å². The van der Waals surface area contributed by atoms with E-state index in [9.17, 15) is 8.42 Å². The summed E-state index contributed by atoms with van der Waals surface area (Å²) in [7, 11) is -3.23. The van der Waals surface area contributed by atoms with Crippen molar-refractivity contribution in [2.24, 2.45) is 0 Å². The van der Waals surface area contributed by atoms with Crippen LogP contribution in [0.3, 0.4) is 0 Å². The van der Waals surface area contributed by atoms with Gasteiger partial charge in [-0.1, -0.05) is 67.8 Å². The molecule has 156 valence electrons. The maximum atomic E-state index is 12.3. The van der Waals surface area contributed by atoms with E-state index in [4.69, 9.17) is 0 Å². The molecule has 0 saturated heterocycles. The lowest BCUT2D eigenvalue weighted by Gasteiger charge is -2.23. The standard InChI is InChI=1S/C25H33NO2S/c1-18(2)29(27,28)26-25-9-5-8-24(25)23-16-14-22(15-17-23)21-12-10-20(11-13-21)19-6-3-4-7-19/h10-19,24-26H,3-9H2,1-2H3/t24?,25-/m0/s1. The van der Waals surface area contributed by atoms with Gasteiger partial charge in [0.05, 0.1) is 5.25 Å². The molecule has 2 atom stereocenters. The van der Waals surface area contributed by atoms with Gasteiger partial charge in [-0.2, -0.15) is 0 Å². The molecule has 2 aliphatic carbocycles. The first-order valence-corrected chi connectivity index (χ1v) is 12.7. The zero-order chi connectivity index (χ0) is 20.4. The van der Waals surface area contributed by atoms with Crippen molar-refractivity contribution in [3.63, 3.8) is 0 Å². The molecule has 0 amide bonds. The Bertz CT molecular complexity index is 910. The Labute approximate surface area is 176 Å². The van der Waals surface area contributed by atoms with Gasteiger partial charge in [0.25, 0.3) is 0 Å². The third-order valence-electron chi connectivity index (χ3n) is 6.86. The van der Waals surface area contributed by atoms with Crippen molar-refractivity contribution in [3.8, 4) is 11.1 Å². The van der Waals surface area contributed by atoms with Gasteiger partial charge < -0.3 is 0 Å². The first kappa shape index (κ1) is 20.6. The Morgan fingerprint density at radius 3 is 1.86 bits per heavy atom. The van der Waals surface area contributed by atoms with Gasteiger partial charge in [-0.05, 0) is 67.7 Å². The van der Waals surface area contributed by atoms with Crippen LogP contribution >= 0.6 is 0 Å². The molecule has 0 aromatic heterocycles. The highest BCUT2D eigenvalue weighted by atomic mass is 32.2. The van der Waals surface area contributed by atoms with Crippen molar-refractivity contribution in [1.29, 1.82) is 0 Å². The van der Waals surface area contributed by atoms with Gasteiger partial charge in [-0.15, -0.1) is 0 Å². The van der Waals surface area contributed by atoms with Crippen LogP contribution in [-0.2, 0) is 10.0 Å². The van der Waals surface area contributed by atoms with Gasteiger partial charge in [-0.3, -0.25) is 0 Å². The highest BCUT2D eigenvalue weighted by Gasteiger charge is 2.32. The van der Waals surface area contributed by atoms with Crippen molar-refractivity contribution in [2.45, 2.75) is 81.9 Å². The zero-order valence-corrected chi connectivity index (χ0v) is 18.4. The maximum absolute atomic E-state index is 12.3. The highest BCUT2D eigenvalue weighted by Crippen LogP contribution is 2.37. The minimum Gasteiger partial charge on any atom is -0.212 e. The number of benzene rings is 2. The molecule has 1 N–H and O–H groups in total. The second-order valence-electron chi connectivity index (χ2n) is 9.08.